The zero-order valence-electron chi connectivity index (χ0n) is 8.33. The molecule has 1 heterocycles. The molecule has 2 atom stereocenters. The molecule has 1 aliphatic rings. The van der Waals surface area contributed by atoms with Crippen molar-refractivity contribution in [2.24, 2.45) is 4.99 Å². The fraction of sp³-hybridized carbons (Fsp3) is 0.778. The Hall–Kier alpha value is -0.510. The predicted molar refractivity (Wildman–Crippen MR) is 57.3 cm³/mol. The maximum absolute atomic E-state index is 11.1. The molecular formula is C9H16N2OS. The van der Waals surface area contributed by atoms with Crippen LogP contribution in [0.5, 0.6) is 0 Å². The zero-order valence-corrected chi connectivity index (χ0v) is 9.15. The molecule has 0 spiro atoms. The minimum absolute atomic E-state index is 0.0275. The van der Waals surface area contributed by atoms with Gasteiger partial charge in [0.25, 0.3) is 0 Å². The molecule has 1 rings (SSSR count). The number of amides is 1. The molecule has 0 aromatic rings. The number of hydrogen-bond acceptors (Lipinski definition) is 3. The molecule has 1 aliphatic heterocycles. The molecule has 4 heteroatoms. The van der Waals surface area contributed by atoms with E-state index in [4.69, 9.17) is 0 Å². The van der Waals surface area contributed by atoms with Gasteiger partial charge in [-0.15, -0.1) is 0 Å². The number of hydrogen-bond donors (Lipinski definition) is 1. The van der Waals surface area contributed by atoms with Gasteiger partial charge in [-0.25, -0.2) is 0 Å². The van der Waals surface area contributed by atoms with Crippen molar-refractivity contribution in [2.75, 3.05) is 5.75 Å². The number of nitrogens with one attached hydrogen (secondary N) is 1. The normalized spacial score (nSPS) is 24.1. The van der Waals surface area contributed by atoms with Crippen LogP contribution >= 0.6 is 11.8 Å². The predicted octanol–water partition coefficient (Wildman–Crippen LogP) is 1.43. The second-order valence-electron chi connectivity index (χ2n) is 3.27. The standard InChI is InChI=1S/C9H16N2OS/c1-4-6(2)13-5-8-10-7(3)9(12)11-8/h6-7H,4-5H2,1-3H3,(H,10,11,12). The van der Waals surface area contributed by atoms with E-state index < -0.39 is 0 Å². The van der Waals surface area contributed by atoms with Gasteiger partial charge < -0.3 is 5.32 Å². The summed E-state index contributed by atoms with van der Waals surface area (Å²) in [5.41, 5.74) is 0. The van der Waals surface area contributed by atoms with Crippen molar-refractivity contribution < 1.29 is 4.79 Å². The molecule has 1 N–H and O–H groups in total. The Kier molecular flexibility index (Phi) is 3.78. The van der Waals surface area contributed by atoms with Gasteiger partial charge in [0.1, 0.15) is 11.9 Å². The minimum Gasteiger partial charge on any atom is -0.312 e. The van der Waals surface area contributed by atoms with Crippen LogP contribution in [0.4, 0.5) is 0 Å². The lowest BCUT2D eigenvalue weighted by Crippen LogP contribution is -2.28. The van der Waals surface area contributed by atoms with E-state index in [1.165, 1.54) is 0 Å². The highest BCUT2D eigenvalue weighted by molar-refractivity contribution is 8.00. The molecule has 0 fully saturated rings. The van der Waals surface area contributed by atoms with E-state index in [0.29, 0.717) is 5.25 Å². The van der Waals surface area contributed by atoms with Gasteiger partial charge in [-0.05, 0) is 13.3 Å². The van der Waals surface area contributed by atoms with E-state index in [1.54, 1.807) is 0 Å². The number of carbonyl (C=O) groups excluding carboxylic acids is 1. The van der Waals surface area contributed by atoms with Gasteiger partial charge in [0, 0.05) is 5.25 Å². The first-order chi connectivity index (χ1) is 6.13. The molecule has 0 aromatic carbocycles. The fourth-order valence-corrected chi connectivity index (χ4v) is 1.81. The van der Waals surface area contributed by atoms with Crippen molar-refractivity contribution in [1.82, 2.24) is 5.32 Å². The Morgan fingerprint density at radius 3 is 2.85 bits per heavy atom. The smallest absolute Gasteiger partial charge is 0.249 e. The van der Waals surface area contributed by atoms with Crippen molar-refractivity contribution >= 4 is 23.5 Å². The third-order valence-corrected chi connectivity index (χ3v) is 3.42. The molecule has 0 aromatic heterocycles. The SMILES string of the molecule is CCC(C)SCC1=NC(C)C(=O)N1. The van der Waals surface area contributed by atoms with Crippen LogP contribution in [0, 0.1) is 0 Å². The van der Waals surface area contributed by atoms with E-state index in [1.807, 2.05) is 18.7 Å². The van der Waals surface area contributed by atoms with Crippen molar-refractivity contribution in [3.8, 4) is 0 Å². The highest BCUT2D eigenvalue weighted by atomic mass is 32.2. The molecule has 0 saturated carbocycles. The van der Waals surface area contributed by atoms with E-state index in [0.717, 1.165) is 18.0 Å². The molecule has 74 valence electrons. The first-order valence-corrected chi connectivity index (χ1v) is 5.67. The fourth-order valence-electron chi connectivity index (χ4n) is 0.984. The molecular weight excluding hydrogens is 184 g/mol. The first-order valence-electron chi connectivity index (χ1n) is 4.62. The van der Waals surface area contributed by atoms with Crippen molar-refractivity contribution in [3.05, 3.63) is 0 Å². The largest absolute Gasteiger partial charge is 0.312 e. The van der Waals surface area contributed by atoms with Gasteiger partial charge in [0.2, 0.25) is 5.91 Å². The molecule has 0 aliphatic carbocycles. The molecule has 13 heavy (non-hydrogen) atoms. The van der Waals surface area contributed by atoms with Crippen LogP contribution in [0.2, 0.25) is 0 Å². The Labute approximate surface area is 83.4 Å². The number of carbonyl (C=O) groups is 1. The summed E-state index contributed by atoms with van der Waals surface area (Å²) in [4.78, 5) is 15.3. The Bertz CT molecular complexity index is 228. The Morgan fingerprint density at radius 2 is 2.38 bits per heavy atom. The summed E-state index contributed by atoms with van der Waals surface area (Å²) >= 11 is 1.83. The third kappa shape index (κ3) is 3.03. The number of aliphatic imine (C=N–C) groups is 1. The monoisotopic (exact) mass is 200 g/mol. The summed E-state index contributed by atoms with van der Waals surface area (Å²) in [5.74, 6) is 1.69. The second-order valence-corrected chi connectivity index (χ2v) is 4.70. The summed E-state index contributed by atoms with van der Waals surface area (Å²) in [5, 5.41) is 3.41. The average molecular weight is 200 g/mol. The van der Waals surface area contributed by atoms with E-state index in [2.05, 4.69) is 24.2 Å². The van der Waals surface area contributed by atoms with Crippen molar-refractivity contribution in [3.63, 3.8) is 0 Å². The van der Waals surface area contributed by atoms with Crippen LogP contribution < -0.4 is 5.32 Å². The number of nitrogens with zero attached hydrogens (tertiary/aromatic N) is 1. The maximum Gasteiger partial charge on any atom is 0.249 e. The van der Waals surface area contributed by atoms with E-state index >= 15 is 0 Å². The van der Waals surface area contributed by atoms with Gasteiger partial charge in [0.05, 0.1) is 5.75 Å². The zero-order chi connectivity index (χ0) is 9.84. The van der Waals surface area contributed by atoms with Crippen LogP contribution in [-0.2, 0) is 4.79 Å². The van der Waals surface area contributed by atoms with Gasteiger partial charge in [0.15, 0.2) is 0 Å². The van der Waals surface area contributed by atoms with Crippen LogP contribution in [-0.4, -0.2) is 28.8 Å². The number of rotatable bonds is 4. The Morgan fingerprint density at radius 1 is 1.69 bits per heavy atom. The van der Waals surface area contributed by atoms with Gasteiger partial charge in [-0.3, -0.25) is 9.79 Å². The lowest BCUT2D eigenvalue weighted by molar-refractivity contribution is -0.119. The van der Waals surface area contributed by atoms with E-state index in [-0.39, 0.29) is 11.9 Å². The topological polar surface area (TPSA) is 41.5 Å². The van der Waals surface area contributed by atoms with Crippen LogP contribution in [0.1, 0.15) is 27.2 Å². The number of thioether (sulfide) groups is 1. The molecule has 3 nitrogen and oxygen atoms in total. The Balaban J connectivity index is 2.31. The summed E-state index contributed by atoms with van der Waals surface area (Å²) in [6.07, 6.45) is 1.15. The molecule has 0 saturated heterocycles. The highest BCUT2D eigenvalue weighted by Gasteiger charge is 2.21. The number of amidine groups is 1. The van der Waals surface area contributed by atoms with Gasteiger partial charge in [-0.2, -0.15) is 11.8 Å². The average Bonchev–Trinajstić information content (AvgIpc) is 2.42. The molecule has 1 amide bonds. The third-order valence-electron chi connectivity index (χ3n) is 2.08. The van der Waals surface area contributed by atoms with Gasteiger partial charge in [-0.1, -0.05) is 13.8 Å². The lowest BCUT2D eigenvalue weighted by atomic mass is 10.4. The summed E-state index contributed by atoms with van der Waals surface area (Å²) in [6.45, 7) is 6.16. The summed E-state index contributed by atoms with van der Waals surface area (Å²) < 4.78 is 0. The summed E-state index contributed by atoms with van der Waals surface area (Å²) in [7, 11) is 0. The lowest BCUT2D eigenvalue weighted by Gasteiger charge is -2.06. The van der Waals surface area contributed by atoms with Gasteiger partial charge >= 0.3 is 0 Å². The summed E-state index contributed by atoms with van der Waals surface area (Å²) in [6, 6.07) is -0.187. The van der Waals surface area contributed by atoms with Crippen molar-refractivity contribution in [2.45, 2.75) is 38.5 Å². The quantitative estimate of drug-likeness (QED) is 0.746. The second kappa shape index (κ2) is 4.65. The highest BCUT2D eigenvalue weighted by Crippen LogP contribution is 2.14. The first kappa shape index (κ1) is 10.6. The molecule has 2 unspecified atom stereocenters. The molecule has 0 bridgehead atoms. The van der Waals surface area contributed by atoms with Crippen LogP contribution in [0.3, 0.4) is 0 Å². The molecule has 0 radical (unpaired) electrons. The van der Waals surface area contributed by atoms with Crippen LogP contribution in [0.15, 0.2) is 4.99 Å². The van der Waals surface area contributed by atoms with Crippen molar-refractivity contribution in [1.29, 1.82) is 0 Å². The van der Waals surface area contributed by atoms with Crippen LogP contribution in [0.25, 0.3) is 0 Å². The minimum atomic E-state index is -0.187. The van der Waals surface area contributed by atoms with E-state index in [9.17, 15) is 4.79 Å². The maximum atomic E-state index is 11.1.